The fourth-order valence-corrected chi connectivity index (χ4v) is 0.656. The van der Waals surface area contributed by atoms with Crippen LogP contribution in [-0.4, -0.2) is 45.2 Å². The van der Waals surface area contributed by atoms with Gasteiger partial charge in [0.25, 0.3) is 0 Å². The average Bonchev–Trinajstić information content (AvgIpc) is 2.17. The van der Waals surface area contributed by atoms with E-state index in [1.54, 1.807) is 0 Å². The first kappa shape index (κ1) is 11.8. The Balaban J connectivity index is 0.000000165. The van der Waals surface area contributed by atoms with Gasteiger partial charge in [0.1, 0.15) is 12.7 Å². The molecule has 3 N–H and O–H groups in total. The molecule has 2 aromatic rings. The van der Waals surface area contributed by atoms with Crippen molar-refractivity contribution in [3.05, 3.63) is 17.9 Å². The number of nitrogens with zero attached hydrogens (tertiary/aromatic N) is 6. The van der Waals surface area contributed by atoms with Crippen molar-refractivity contribution < 1.29 is 15.3 Å². The lowest BCUT2D eigenvalue weighted by molar-refractivity contribution is 0.344. The maximum Gasteiger partial charge on any atom is 0.323 e. The fraction of sp³-hybridized carbons (Fsp3) is 0. The number of aromatic hydroxyl groups is 3. The molecule has 0 spiro atoms. The van der Waals surface area contributed by atoms with Crippen LogP contribution in [-0.2, 0) is 0 Å². The van der Waals surface area contributed by atoms with Gasteiger partial charge in [0.15, 0.2) is 0 Å². The molecule has 16 heavy (non-hydrogen) atoms. The molecule has 10 heteroatoms. The fourth-order valence-electron chi connectivity index (χ4n) is 0.568. The van der Waals surface area contributed by atoms with Crippen molar-refractivity contribution in [2.75, 3.05) is 0 Å². The summed E-state index contributed by atoms with van der Waals surface area (Å²) in [6.45, 7) is 0. The Hall–Kier alpha value is -2.29. The second-order valence-electron chi connectivity index (χ2n) is 2.14. The molecule has 0 atom stereocenters. The van der Waals surface area contributed by atoms with Crippen molar-refractivity contribution >= 4 is 11.6 Å². The number of hydrogen-bond donors (Lipinski definition) is 3. The molecule has 2 aromatic heterocycles. The standard InChI is InChI=1S/C3H2ClN3.C3H3N3O3/c4-3-6-1-5-2-7-3;7-1-4-2(8)6-3(9)5-1/h1-2H;(H3,4,5,6,7,8,9). The number of aromatic nitrogens is 6. The van der Waals surface area contributed by atoms with E-state index in [-0.39, 0.29) is 5.28 Å². The summed E-state index contributed by atoms with van der Waals surface area (Å²) in [5.74, 6) is 0. The van der Waals surface area contributed by atoms with Crippen LogP contribution in [0.4, 0.5) is 0 Å². The topological polar surface area (TPSA) is 138 Å². The van der Waals surface area contributed by atoms with Gasteiger partial charge < -0.3 is 15.3 Å². The number of rotatable bonds is 0. The molecule has 0 aliphatic heterocycles. The Kier molecular flexibility index (Phi) is 4.09. The monoisotopic (exact) mass is 244 g/mol. The molecule has 0 amide bonds. The molecule has 2 heterocycles. The molecule has 0 radical (unpaired) electrons. The molecule has 0 aromatic carbocycles. The Morgan fingerprint density at radius 3 is 1.44 bits per heavy atom. The van der Waals surface area contributed by atoms with Crippen LogP contribution in [0.5, 0.6) is 18.0 Å². The first-order valence-corrected chi connectivity index (χ1v) is 4.06. The molecule has 84 valence electrons. The molecule has 9 nitrogen and oxygen atoms in total. The SMILES string of the molecule is Clc1ncncn1.Oc1nc(O)nc(O)n1. The second-order valence-corrected chi connectivity index (χ2v) is 2.48. The van der Waals surface area contributed by atoms with Gasteiger partial charge in [0.05, 0.1) is 0 Å². The van der Waals surface area contributed by atoms with Crippen molar-refractivity contribution in [2.45, 2.75) is 0 Å². The molecule has 0 bridgehead atoms. The van der Waals surface area contributed by atoms with Gasteiger partial charge in [0, 0.05) is 0 Å². The summed E-state index contributed by atoms with van der Waals surface area (Å²) in [5, 5.41) is 25.5. The van der Waals surface area contributed by atoms with E-state index in [1.807, 2.05) is 0 Å². The van der Waals surface area contributed by atoms with Gasteiger partial charge in [-0.15, -0.1) is 15.0 Å². The predicted octanol–water partition coefficient (Wildman–Crippen LogP) is -0.487. The first-order valence-electron chi connectivity index (χ1n) is 3.68. The molecular formula is C6H5ClN6O3. The van der Waals surface area contributed by atoms with Crippen LogP contribution in [0.2, 0.25) is 5.28 Å². The Morgan fingerprint density at radius 1 is 0.812 bits per heavy atom. The minimum absolute atomic E-state index is 0.231. The van der Waals surface area contributed by atoms with Gasteiger partial charge in [-0.25, -0.2) is 15.0 Å². The zero-order valence-corrected chi connectivity index (χ0v) is 8.31. The quantitative estimate of drug-likeness (QED) is 0.560. The van der Waals surface area contributed by atoms with Crippen LogP contribution in [0, 0.1) is 0 Å². The first-order chi connectivity index (χ1) is 7.58. The Bertz CT molecular complexity index is 405. The summed E-state index contributed by atoms with van der Waals surface area (Å²) < 4.78 is 0. The second kappa shape index (κ2) is 5.56. The highest BCUT2D eigenvalue weighted by Crippen LogP contribution is 2.08. The third kappa shape index (κ3) is 4.28. The van der Waals surface area contributed by atoms with Gasteiger partial charge in [-0.3, -0.25) is 0 Å². The van der Waals surface area contributed by atoms with Crippen molar-refractivity contribution in [2.24, 2.45) is 0 Å². The summed E-state index contributed by atoms with van der Waals surface area (Å²) in [7, 11) is 0. The van der Waals surface area contributed by atoms with E-state index in [0.717, 1.165) is 0 Å². The molecule has 0 aliphatic rings. The van der Waals surface area contributed by atoms with Gasteiger partial charge >= 0.3 is 18.0 Å². The van der Waals surface area contributed by atoms with Crippen LogP contribution >= 0.6 is 11.6 Å². The summed E-state index contributed by atoms with van der Waals surface area (Å²) in [4.78, 5) is 19.5. The summed E-state index contributed by atoms with van der Waals surface area (Å²) >= 11 is 5.28. The third-order valence-corrected chi connectivity index (χ3v) is 1.26. The lowest BCUT2D eigenvalue weighted by atomic mass is 10.9. The maximum absolute atomic E-state index is 8.41. The largest absolute Gasteiger partial charge is 0.479 e. The minimum atomic E-state index is -0.708. The van der Waals surface area contributed by atoms with Gasteiger partial charge in [-0.05, 0) is 11.6 Å². The van der Waals surface area contributed by atoms with E-state index in [9.17, 15) is 0 Å². The highest BCUT2D eigenvalue weighted by molar-refractivity contribution is 6.28. The van der Waals surface area contributed by atoms with Crippen molar-refractivity contribution in [1.29, 1.82) is 0 Å². The van der Waals surface area contributed by atoms with Crippen LogP contribution < -0.4 is 0 Å². The van der Waals surface area contributed by atoms with Crippen molar-refractivity contribution in [1.82, 2.24) is 29.9 Å². The number of hydrogen-bond acceptors (Lipinski definition) is 9. The molecule has 0 aliphatic carbocycles. The predicted molar refractivity (Wildman–Crippen MR) is 49.7 cm³/mol. The van der Waals surface area contributed by atoms with E-state index in [1.165, 1.54) is 12.7 Å². The van der Waals surface area contributed by atoms with Crippen LogP contribution in [0.3, 0.4) is 0 Å². The van der Waals surface area contributed by atoms with E-state index in [0.29, 0.717) is 0 Å². The molecule has 0 fully saturated rings. The van der Waals surface area contributed by atoms with Crippen molar-refractivity contribution in [3.8, 4) is 18.0 Å². The average molecular weight is 245 g/mol. The maximum atomic E-state index is 8.41. The van der Waals surface area contributed by atoms with E-state index in [4.69, 9.17) is 26.9 Å². The van der Waals surface area contributed by atoms with Gasteiger partial charge in [0.2, 0.25) is 5.28 Å². The smallest absolute Gasteiger partial charge is 0.323 e. The summed E-state index contributed by atoms with van der Waals surface area (Å²) in [6, 6.07) is -2.12. The molecular weight excluding hydrogens is 240 g/mol. The summed E-state index contributed by atoms with van der Waals surface area (Å²) in [5.41, 5.74) is 0. The van der Waals surface area contributed by atoms with E-state index >= 15 is 0 Å². The molecule has 0 unspecified atom stereocenters. The highest BCUT2D eigenvalue weighted by Gasteiger charge is 1.99. The number of halogens is 1. The molecule has 0 saturated heterocycles. The van der Waals surface area contributed by atoms with Crippen molar-refractivity contribution in [3.63, 3.8) is 0 Å². The third-order valence-electron chi connectivity index (χ3n) is 1.06. The lowest BCUT2D eigenvalue weighted by Gasteiger charge is -1.90. The zero-order chi connectivity index (χ0) is 12.0. The molecule has 0 saturated carbocycles. The zero-order valence-electron chi connectivity index (χ0n) is 7.56. The van der Waals surface area contributed by atoms with Gasteiger partial charge in [-0.2, -0.15) is 0 Å². The van der Waals surface area contributed by atoms with E-state index in [2.05, 4.69) is 29.9 Å². The van der Waals surface area contributed by atoms with Crippen LogP contribution in [0.25, 0.3) is 0 Å². The Morgan fingerprint density at radius 2 is 1.19 bits per heavy atom. The van der Waals surface area contributed by atoms with Crippen LogP contribution in [0.1, 0.15) is 0 Å². The Labute approximate surface area is 93.5 Å². The minimum Gasteiger partial charge on any atom is -0.479 e. The van der Waals surface area contributed by atoms with E-state index < -0.39 is 18.0 Å². The lowest BCUT2D eigenvalue weighted by Crippen LogP contribution is -1.85. The normalized spacial score (nSPS) is 9.06. The molecule has 2 rings (SSSR count). The highest BCUT2D eigenvalue weighted by atomic mass is 35.5. The van der Waals surface area contributed by atoms with Crippen LogP contribution in [0.15, 0.2) is 12.7 Å². The summed E-state index contributed by atoms with van der Waals surface area (Å²) in [6.07, 6.45) is 2.69. The van der Waals surface area contributed by atoms with Gasteiger partial charge in [-0.1, -0.05) is 0 Å².